The van der Waals surface area contributed by atoms with Crippen molar-refractivity contribution in [3.63, 3.8) is 0 Å². The first-order valence-electron chi connectivity index (χ1n) is 13.6. The molecule has 0 spiro atoms. The number of carbonyl (C=O) groups excluding carboxylic acids is 2. The maximum atomic E-state index is 12.9. The van der Waals surface area contributed by atoms with Gasteiger partial charge < -0.3 is 24.8 Å². The number of piperidine rings is 1. The van der Waals surface area contributed by atoms with Crippen LogP contribution in [0.5, 0.6) is 11.5 Å². The molecule has 2 aromatic rings. The van der Waals surface area contributed by atoms with Gasteiger partial charge in [0.25, 0.3) is 0 Å². The second kappa shape index (κ2) is 10.9. The highest BCUT2D eigenvalue weighted by Gasteiger charge is 2.57. The lowest BCUT2D eigenvalue weighted by Gasteiger charge is -2.58. The number of rotatable bonds is 8. The Morgan fingerprint density at radius 1 is 1.11 bits per heavy atom. The number of hydrogen-bond acceptors (Lipinski definition) is 6. The Bertz CT molecular complexity index is 1210. The Balaban J connectivity index is 1.36. The molecule has 202 valence electrons. The van der Waals surface area contributed by atoms with Gasteiger partial charge in [-0.1, -0.05) is 24.3 Å². The van der Waals surface area contributed by atoms with E-state index in [1.54, 1.807) is 25.3 Å². The number of carbonyl (C=O) groups is 2. The van der Waals surface area contributed by atoms with Gasteiger partial charge in [-0.2, -0.15) is 0 Å². The zero-order valence-corrected chi connectivity index (χ0v) is 22.3. The number of esters is 1. The largest absolute Gasteiger partial charge is 0.497 e. The first kappa shape index (κ1) is 26.4. The molecule has 7 nitrogen and oxygen atoms in total. The minimum absolute atomic E-state index is 0.0786. The fraction of sp³-hybridized carbons (Fsp3) is 0.484. The first-order valence-corrected chi connectivity index (χ1v) is 13.6. The van der Waals surface area contributed by atoms with E-state index in [1.165, 1.54) is 19.8 Å². The van der Waals surface area contributed by atoms with Crippen LogP contribution >= 0.6 is 0 Å². The number of amides is 1. The molecule has 5 rings (SSSR count). The standard InChI is InChI=1S/C31H38N2O5/c1-22(34)38-28-8-4-6-25(18-28)30-15-16-33(20-24-9-10-24)21-31(30,36)14-13-26(19-30)32-29(35)12-11-23-5-3-7-27(17-23)37-2/h3-8,11-12,17-18,24,26,36H,9-10,13-16,19-21H2,1-2H3,(H,32,35)/t26-,30+,31+/m1/s1. The van der Waals surface area contributed by atoms with Gasteiger partial charge >= 0.3 is 5.97 Å². The Hall–Kier alpha value is -3.16. The molecule has 2 N–H and O–H groups in total. The maximum absolute atomic E-state index is 12.9. The van der Waals surface area contributed by atoms with Crippen LogP contribution in [0, 0.1) is 5.92 Å². The fourth-order valence-electron chi connectivity index (χ4n) is 6.39. The third kappa shape index (κ3) is 5.79. The number of likely N-dealkylation sites (tertiary alicyclic amines) is 1. The lowest BCUT2D eigenvalue weighted by Crippen LogP contribution is -2.67. The predicted molar refractivity (Wildman–Crippen MR) is 146 cm³/mol. The Labute approximate surface area is 224 Å². The molecule has 2 saturated carbocycles. The van der Waals surface area contributed by atoms with Crippen LogP contribution in [-0.2, 0) is 15.0 Å². The van der Waals surface area contributed by atoms with Gasteiger partial charge in [-0.15, -0.1) is 0 Å². The van der Waals surface area contributed by atoms with E-state index < -0.39 is 11.0 Å². The highest BCUT2D eigenvalue weighted by molar-refractivity contribution is 5.92. The van der Waals surface area contributed by atoms with Crippen molar-refractivity contribution < 1.29 is 24.2 Å². The summed E-state index contributed by atoms with van der Waals surface area (Å²) in [5.74, 6) is 1.46. The van der Waals surface area contributed by atoms with E-state index in [0.29, 0.717) is 31.6 Å². The molecule has 38 heavy (non-hydrogen) atoms. The summed E-state index contributed by atoms with van der Waals surface area (Å²) in [6.45, 7) is 3.95. The minimum atomic E-state index is -0.924. The van der Waals surface area contributed by atoms with E-state index in [4.69, 9.17) is 9.47 Å². The van der Waals surface area contributed by atoms with Crippen LogP contribution in [0.1, 0.15) is 56.6 Å². The normalized spacial score (nSPS) is 27.5. The molecular formula is C31H38N2O5. The summed E-state index contributed by atoms with van der Waals surface area (Å²) < 4.78 is 10.7. The Morgan fingerprint density at radius 2 is 1.89 bits per heavy atom. The zero-order valence-electron chi connectivity index (χ0n) is 22.3. The zero-order chi connectivity index (χ0) is 26.8. The molecule has 1 saturated heterocycles. The SMILES string of the molecule is COc1cccc(C=CC(=O)N[C@@H]2CC[C@]3(O)CN(CC4CC4)CC[C@@]3(c3cccc(OC(C)=O)c3)C2)c1. The molecule has 0 unspecified atom stereocenters. The van der Waals surface area contributed by atoms with Crippen LogP contribution in [0.15, 0.2) is 54.6 Å². The third-order valence-corrected chi connectivity index (χ3v) is 8.46. The summed E-state index contributed by atoms with van der Waals surface area (Å²) in [5, 5.41) is 15.4. The van der Waals surface area contributed by atoms with E-state index in [2.05, 4.69) is 10.2 Å². The molecule has 1 amide bonds. The van der Waals surface area contributed by atoms with Gasteiger partial charge in [0.1, 0.15) is 11.5 Å². The minimum Gasteiger partial charge on any atom is -0.497 e. The van der Waals surface area contributed by atoms with Crippen molar-refractivity contribution >= 4 is 18.0 Å². The summed E-state index contributed by atoms with van der Waals surface area (Å²) in [4.78, 5) is 27.0. The monoisotopic (exact) mass is 518 g/mol. The van der Waals surface area contributed by atoms with E-state index >= 15 is 0 Å². The number of ether oxygens (including phenoxy) is 2. The van der Waals surface area contributed by atoms with E-state index in [1.807, 2.05) is 42.5 Å². The van der Waals surface area contributed by atoms with Crippen LogP contribution in [0.3, 0.4) is 0 Å². The molecule has 0 bridgehead atoms. The number of aliphatic hydroxyl groups is 1. The van der Waals surface area contributed by atoms with Crippen molar-refractivity contribution in [1.82, 2.24) is 10.2 Å². The number of β-amino-alcohol motifs (C(OH)–C–C–N with tert-alkyl or cyclic N) is 1. The van der Waals surface area contributed by atoms with Crippen LogP contribution in [-0.4, -0.2) is 60.3 Å². The van der Waals surface area contributed by atoms with Gasteiger partial charge in [-0.3, -0.25) is 9.59 Å². The summed E-state index contributed by atoms with van der Waals surface area (Å²) in [6, 6.07) is 15.1. The number of fused-ring (bicyclic) bond motifs is 1. The molecule has 3 atom stereocenters. The van der Waals surface area contributed by atoms with Gasteiger partial charge in [0.2, 0.25) is 5.91 Å². The van der Waals surface area contributed by atoms with Crippen molar-refractivity contribution in [3.8, 4) is 11.5 Å². The highest BCUT2D eigenvalue weighted by atomic mass is 16.5. The molecule has 0 radical (unpaired) electrons. The molecule has 2 aromatic carbocycles. The van der Waals surface area contributed by atoms with E-state index in [9.17, 15) is 14.7 Å². The van der Waals surface area contributed by atoms with Gasteiger partial charge in [-0.25, -0.2) is 0 Å². The third-order valence-electron chi connectivity index (χ3n) is 8.46. The van der Waals surface area contributed by atoms with Gasteiger partial charge in [0, 0.05) is 37.5 Å². The quantitative estimate of drug-likeness (QED) is 0.311. The second-order valence-electron chi connectivity index (χ2n) is 11.2. The second-order valence-corrected chi connectivity index (χ2v) is 11.2. The molecular weight excluding hydrogens is 480 g/mol. The summed E-state index contributed by atoms with van der Waals surface area (Å²) in [6.07, 6.45) is 8.61. The summed E-state index contributed by atoms with van der Waals surface area (Å²) in [7, 11) is 1.62. The van der Waals surface area contributed by atoms with Gasteiger partial charge in [-0.05, 0) is 92.5 Å². The van der Waals surface area contributed by atoms with Crippen molar-refractivity contribution in [2.75, 3.05) is 26.7 Å². The van der Waals surface area contributed by atoms with Crippen molar-refractivity contribution in [2.45, 2.75) is 62.5 Å². The topological polar surface area (TPSA) is 88.1 Å². The number of nitrogens with zero attached hydrogens (tertiary/aromatic N) is 1. The van der Waals surface area contributed by atoms with E-state index in [0.717, 1.165) is 42.3 Å². The molecule has 2 aliphatic carbocycles. The highest BCUT2D eigenvalue weighted by Crippen LogP contribution is 2.52. The number of methoxy groups -OCH3 is 1. The summed E-state index contributed by atoms with van der Waals surface area (Å²) in [5.41, 5.74) is 0.387. The lowest BCUT2D eigenvalue weighted by atomic mass is 9.55. The number of hydrogen-bond donors (Lipinski definition) is 2. The molecule has 0 aromatic heterocycles. The lowest BCUT2D eigenvalue weighted by molar-refractivity contribution is -0.133. The van der Waals surface area contributed by atoms with E-state index in [-0.39, 0.29) is 17.9 Å². The fourth-order valence-corrected chi connectivity index (χ4v) is 6.39. The average molecular weight is 519 g/mol. The first-order chi connectivity index (χ1) is 18.3. The van der Waals surface area contributed by atoms with Gasteiger partial charge in [0.15, 0.2) is 0 Å². The Morgan fingerprint density at radius 3 is 2.66 bits per heavy atom. The van der Waals surface area contributed by atoms with Crippen LogP contribution < -0.4 is 14.8 Å². The maximum Gasteiger partial charge on any atom is 0.308 e. The summed E-state index contributed by atoms with van der Waals surface area (Å²) >= 11 is 0. The Kier molecular flexibility index (Phi) is 7.59. The number of benzene rings is 2. The molecule has 1 aliphatic heterocycles. The number of nitrogens with one attached hydrogen (secondary N) is 1. The molecule has 7 heteroatoms. The predicted octanol–water partition coefficient (Wildman–Crippen LogP) is 4.09. The van der Waals surface area contributed by atoms with Crippen LogP contribution in [0.25, 0.3) is 6.08 Å². The molecule has 1 heterocycles. The van der Waals surface area contributed by atoms with Crippen molar-refractivity contribution in [2.24, 2.45) is 5.92 Å². The molecule has 3 fully saturated rings. The van der Waals surface area contributed by atoms with Crippen LogP contribution in [0.4, 0.5) is 0 Å². The average Bonchev–Trinajstić information content (AvgIpc) is 3.71. The smallest absolute Gasteiger partial charge is 0.308 e. The molecule has 3 aliphatic rings. The van der Waals surface area contributed by atoms with Crippen molar-refractivity contribution in [1.29, 1.82) is 0 Å². The van der Waals surface area contributed by atoms with Crippen molar-refractivity contribution in [3.05, 3.63) is 65.7 Å². The van der Waals surface area contributed by atoms with Crippen LogP contribution in [0.2, 0.25) is 0 Å². The van der Waals surface area contributed by atoms with Gasteiger partial charge in [0.05, 0.1) is 12.7 Å².